The summed E-state index contributed by atoms with van der Waals surface area (Å²) in [6.45, 7) is 0. The summed E-state index contributed by atoms with van der Waals surface area (Å²) in [5.41, 5.74) is 1.87. The lowest BCUT2D eigenvalue weighted by Gasteiger charge is -2.10. The Kier molecular flexibility index (Phi) is 4.85. The van der Waals surface area contributed by atoms with E-state index in [0.717, 1.165) is 11.1 Å². The quantitative estimate of drug-likeness (QED) is 0.899. The summed E-state index contributed by atoms with van der Waals surface area (Å²) in [6, 6.07) is 13.8. The average Bonchev–Trinajstić information content (AvgIpc) is 2.48. The number of carbonyl (C=O) groups is 1. The van der Waals surface area contributed by atoms with E-state index in [0.29, 0.717) is 16.5 Å². The fraction of sp³-hybridized carbons (Fsp3) is 0.125. The van der Waals surface area contributed by atoms with Gasteiger partial charge in [0.1, 0.15) is 0 Å². The zero-order valence-corrected chi connectivity index (χ0v) is 12.4. The molecule has 1 N–H and O–H groups in total. The smallest absolute Gasteiger partial charge is 0.335 e. The van der Waals surface area contributed by atoms with Crippen LogP contribution in [0.4, 0.5) is 0 Å². The monoisotopic (exact) mass is 319 g/mol. The van der Waals surface area contributed by atoms with Gasteiger partial charge in [-0.05, 0) is 41.8 Å². The fourth-order valence-electron chi connectivity index (χ4n) is 2.00. The van der Waals surface area contributed by atoms with Crippen molar-refractivity contribution < 1.29 is 9.90 Å². The largest absolute Gasteiger partial charge is 0.478 e. The second-order valence-corrected chi connectivity index (χ2v) is 5.38. The van der Waals surface area contributed by atoms with Crippen LogP contribution in [0.5, 0.6) is 0 Å². The van der Waals surface area contributed by atoms with Crippen molar-refractivity contribution in [2.45, 2.75) is 12.3 Å². The van der Waals surface area contributed by atoms with Crippen LogP contribution in [0.25, 0.3) is 0 Å². The minimum Gasteiger partial charge on any atom is -0.478 e. The molecule has 0 aliphatic heterocycles. The topological polar surface area (TPSA) is 61.1 Å². The second kappa shape index (κ2) is 6.62. The summed E-state index contributed by atoms with van der Waals surface area (Å²) in [6.07, 6.45) is 0.486. The van der Waals surface area contributed by atoms with Crippen LogP contribution in [0.1, 0.15) is 27.4 Å². The van der Waals surface area contributed by atoms with E-state index in [1.54, 1.807) is 24.3 Å². The molecule has 2 aromatic rings. The van der Waals surface area contributed by atoms with Crippen molar-refractivity contribution in [3.63, 3.8) is 0 Å². The van der Waals surface area contributed by atoms with Crippen LogP contribution in [-0.4, -0.2) is 11.1 Å². The van der Waals surface area contributed by atoms with Gasteiger partial charge >= 0.3 is 5.97 Å². The molecule has 0 spiro atoms. The number of aromatic carboxylic acids is 1. The van der Waals surface area contributed by atoms with Gasteiger partial charge in [-0.2, -0.15) is 5.26 Å². The number of benzene rings is 2. The van der Waals surface area contributed by atoms with E-state index >= 15 is 0 Å². The first kappa shape index (κ1) is 15.4. The highest BCUT2D eigenvalue weighted by Gasteiger charge is 2.13. The van der Waals surface area contributed by atoms with Crippen molar-refractivity contribution in [2.24, 2.45) is 0 Å². The normalized spacial score (nSPS) is 11.7. The van der Waals surface area contributed by atoms with Crippen molar-refractivity contribution in [2.75, 3.05) is 0 Å². The number of carboxylic acid groups (broad SMARTS) is 1. The second-order valence-electron chi connectivity index (χ2n) is 4.56. The molecule has 0 aromatic heterocycles. The Morgan fingerprint density at radius 3 is 2.33 bits per heavy atom. The first-order valence-corrected chi connectivity index (χ1v) is 6.93. The van der Waals surface area contributed by atoms with Gasteiger partial charge in [0.05, 0.1) is 27.6 Å². The number of nitriles is 1. The van der Waals surface area contributed by atoms with Crippen molar-refractivity contribution in [1.29, 1.82) is 5.26 Å². The third kappa shape index (κ3) is 3.75. The van der Waals surface area contributed by atoms with E-state index in [9.17, 15) is 10.1 Å². The highest BCUT2D eigenvalue weighted by atomic mass is 35.5. The molecule has 0 amide bonds. The lowest BCUT2D eigenvalue weighted by atomic mass is 9.92. The van der Waals surface area contributed by atoms with Crippen LogP contribution in [0, 0.1) is 11.3 Å². The maximum absolute atomic E-state index is 10.8. The van der Waals surface area contributed by atoms with Crippen LogP contribution >= 0.6 is 23.2 Å². The molecule has 0 aliphatic rings. The summed E-state index contributed by atoms with van der Waals surface area (Å²) in [5, 5.41) is 19.1. The van der Waals surface area contributed by atoms with Gasteiger partial charge in [-0.1, -0.05) is 41.4 Å². The summed E-state index contributed by atoms with van der Waals surface area (Å²) in [5.74, 6) is -1.36. The Morgan fingerprint density at radius 2 is 1.81 bits per heavy atom. The van der Waals surface area contributed by atoms with Crippen LogP contribution in [0.15, 0.2) is 42.5 Å². The third-order valence-electron chi connectivity index (χ3n) is 3.14. The van der Waals surface area contributed by atoms with E-state index in [1.807, 2.05) is 6.07 Å². The zero-order chi connectivity index (χ0) is 15.4. The maximum atomic E-state index is 10.8. The van der Waals surface area contributed by atoms with Crippen molar-refractivity contribution >= 4 is 29.2 Å². The van der Waals surface area contributed by atoms with Crippen LogP contribution < -0.4 is 0 Å². The van der Waals surface area contributed by atoms with Crippen molar-refractivity contribution in [3.8, 4) is 6.07 Å². The van der Waals surface area contributed by atoms with Gasteiger partial charge in [-0.25, -0.2) is 4.79 Å². The molecule has 0 saturated heterocycles. The molecule has 5 heteroatoms. The number of hydrogen-bond acceptors (Lipinski definition) is 2. The van der Waals surface area contributed by atoms with Gasteiger partial charge in [0, 0.05) is 0 Å². The molecule has 0 radical (unpaired) electrons. The van der Waals surface area contributed by atoms with Crippen LogP contribution in [-0.2, 0) is 6.42 Å². The van der Waals surface area contributed by atoms with Gasteiger partial charge in [0.15, 0.2) is 0 Å². The minimum absolute atomic E-state index is 0.199. The van der Waals surface area contributed by atoms with E-state index in [4.69, 9.17) is 28.3 Å². The highest BCUT2D eigenvalue weighted by molar-refractivity contribution is 6.42. The molecule has 0 bridgehead atoms. The first-order valence-electron chi connectivity index (χ1n) is 6.18. The molecule has 0 heterocycles. The Bertz CT molecular complexity index is 705. The van der Waals surface area contributed by atoms with Gasteiger partial charge < -0.3 is 5.11 Å². The molecule has 1 atom stereocenters. The van der Waals surface area contributed by atoms with Gasteiger partial charge in [0.2, 0.25) is 0 Å². The Labute approximate surface area is 132 Å². The molecule has 2 rings (SSSR count). The third-order valence-corrected chi connectivity index (χ3v) is 3.88. The number of rotatable bonds is 4. The molecule has 0 saturated carbocycles. The standard InChI is InChI=1S/C16H11Cl2NO2/c17-14-6-1-10(8-15(14)18)7-13(9-19)11-2-4-12(5-3-11)16(20)21/h1-6,8,13H,7H2,(H,20,21). The molecule has 21 heavy (non-hydrogen) atoms. The van der Waals surface area contributed by atoms with Crippen LogP contribution in [0.2, 0.25) is 10.0 Å². The molecule has 2 aromatic carbocycles. The fourth-order valence-corrected chi connectivity index (χ4v) is 2.32. The van der Waals surface area contributed by atoms with E-state index in [-0.39, 0.29) is 11.5 Å². The molecule has 0 aliphatic carbocycles. The molecule has 0 fully saturated rings. The highest BCUT2D eigenvalue weighted by Crippen LogP contribution is 2.26. The van der Waals surface area contributed by atoms with Crippen molar-refractivity contribution in [1.82, 2.24) is 0 Å². The molecular formula is C16H11Cl2NO2. The number of halogens is 2. The minimum atomic E-state index is -0.987. The maximum Gasteiger partial charge on any atom is 0.335 e. The predicted octanol–water partition coefficient (Wildman–Crippen LogP) is 4.54. The first-order chi connectivity index (χ1) is 10.0. The van der Waals surface area contributed by atoms with E-state index in [2.05, 4.69) is 6.07 Å². The summed E-state index contributed by atoms with van der Waals surface area (Å²) < 4.78 is 0. The van der Waals surface area contributed by atoms with Crippen molar-refractivity contribution in [3.05, 3.63) is 69.2 Å². The summed E-state index contributed by atoms with van der Waals surface area (Å²) in [7, 11) is 0. The van der Waals surface area contributed by atoms with Gasteiger partial charge in [-0.15, -0.1) is 0 Å². The van der Waals surface area contributed by atoms with Gasteiger partial charge in [-0.3, -0.25) is 0 Å². The molecule has 106 valence electrons. The Balaban J connectivity index is 2.21. The lowest BCUT2D eigenvalue weighted by molar-refractivity contribution is 0.0697. The molecule has 3 nitrogen and oxygen atoms in total. The molecule has 1 unspecified atom stereocenters. The van der Waals surface area contributed by atoms with E-state index in [1.165, 1.54) is 12.1 Å². The summed E-state index contributed by atoms with van der Waals surface area (Å²) in [4.78, 5) is 10.8. The number of nitrogens with zero attached hydrogens (tertiary/aromatic N) is 1. The Hall–Kier alpha value is -2.02. The molecular weight excluding hydrogens is 309 g/mol. The average molecular weight is 320 g/mol. The lowest BCUT2D eigenvalue weighted by Crippen LogP contribution is -2.02. The SMILES string of the molecule is N#CC(Cc1ccc(Cl)c(Cl)c1)c1ccc(C(=O)O)cc1. The van der Waals surface area contributed by atoms with Gasteiger partial charge in [0.25, 0.3) is 0 Å². The zero-order valence-electron chi connectivity index (χ0n) is 10.9. The Morgan fingerprint density at radius 1 is 1.14 bits per heavy atom. The summed E-state index contributed by atoms with van der Waals surface area (Å²) >= 11 is 11.8. The van der Waals surface area contributed by atoms with E-state index < -0.39 is 5.97 Å². The number of carboxylic acids is 1. The van der Waals surface area contributed by atoms with Crippen LogP contribution in [0.3, 0.4) is 0 Å². The predicted molar refractivity (Wildman–Crippen MR) is 81.9 cm³/mol. The number of hydrogen-bond donors (Lipinski definition) is 1.